The molecule has 0 amide bonds. The van der Waals surface area contributed by atoms with E-state index in [9.17, 15) is 9.18 Å². The van der Waals surface area contributed by atoms with E-state index in [1.54, 1.807) is 18.3 Å². The lowest BCUT2D eigenvalue weighted by Crippen LogP contribution is -2.15. The Morgan fingerprint density at radius 3 is 2.79 bits per heavy atom. The van der Waals surface area contributed by atoms with Gasteiger partial charge < -0.3 is 4.57 Å². The molecule has 0 unspecified atom stereocenters. The first-order chi connectivity index (χ1) is 9.13. The monoisotopic (exact) mass is 257 g/mol. The molecule has 0 spiro atoms. The van der Waals surface area contributed by atoms with Crippen LogP contribution in [0, 0.1) is 11.7 Å². The van der Waals surface area contributed by atoms with Crippen molar-refractivity contribution in [3.8, 4) is 11.1 Å². The van der Waals surface area contributed by atoms with Gasteiger partial charge in [0.05, 0.1) is 0 Å². The molecule has 1 heterocycles. The first-order valence-corrected chi connectivity index (χ1v) is 6.58. The van der Waals surface area contributed by atoms with E-state index >= 15 is 0 Å². The first-order valence-electron chi connectivity index (χ1n) is 6.58. The minimum absolute atomic E-state index is 0.0376. The van der Waals surface area contributed by atoms with Crippen molar-refractivity contribution in [2.24, 2.45) is 13.0 Å². The number of nitrogens with zero attached hydrogens (tertiary/aromatic N) is 1. The van der Waals surface area contributed by atoms with Gasteiger partial charge in [-0.1, -0.05) is 12.1 Å². The molecular weight excluding hydrogens is 241 g/mol. The van der Waals surface area contributed by atoms with Crippen LogP contribution in [0.15, 0.2) is 41.5 Å². The summed E-state index contributed by atoms with van der Waals surface area (Å²) in [5.41, 5.74) is 2.11. The van der Waals surface area contributed by atoms with Crippen molar-refractivity contribution in [2.75, 3.05) is 0 Å². The van der Waals surface area contributed by atoms with Crippen LogP contribution in [-0.4, -0.2) is 4.57 Å². The van der Waals surface area contributed by atoms with Crippen LogP contribution >= 0.6 is 0 Å². The van der Waals surface area contributed by atoms with E-state index in [-0.39, 0.29) is 11.2 Å². The number of aromatic nitrogens is 1. The number of pyridine rings is 1. The van der Waals surface area contributed by atoms with Gasteiger partial charge in [0.25, 0.3) is 0 Å². The molecule has 0 N–H and O–H groups in total. The third-order valence-electron chi connectivity index (χ3n) is 3.57. The van der Waals surface area contributed by atoms with Crippen molar-refractivity contribution in [3.05, 3.63) is 58.3 Å². The van der Waals surface area contributed by atoms with Gasteiger partial charge in [0, 0.05) is 30.6 Å². The highest BCUT2D eigenvalue weighted by Gasteiger charge is 2.23. The summed E-state index contributed by atoms with van der Waals surface area (Å²) in [7, 11) is 1.90. The molecule has 0 bridgehead atoms. The first kappa shape index (κ1) is 12.2. The van der Waals surface area contributed by atoms with E-state index in [4.69, 9.17) is 0 Å². The molecule has 1 aliphatic carbocycles. The normalized spacial score (nSPS) is 14.6. The summed E-state index contributed by atoms with van der Waals surface area (Å²) >= 11 is 0. The van der Waals surface area contributed by atoms with Crippen LogP contribution in [0.2, 0.25) is 0 Å². The smallest absolute Gasteiger partial charge is 0.192 e. The Morgan fingerprint density at radius 1 is 1.32 bits per heavy atom. The summed E-state index contributed by atoms with van der Waals surface area (Å²) in [6, 6.07) is 6.22. The second-order valence-electron chi connectivity index (χ2n) is 5.35. The van der Waals surface area contributed by atoms with Gasteiger partial charge in [0.2, 0.25) is 0 Å². The largest absolute Gasteiger partial charge is 0.356 e. The molecule has 1 aliphatic rings. The zero-order valence-electron chi connectivity index (χ0n) is 10.9. The molecule has 19 heavy (non-hydrogen) atoms. The van der Waals surface area contributed by atoms with E-state index in [2.05, 4.69) is 0 Å². The van der Waals surface area contributed by atoms with E-state index in [1.807, 2.05) is 17.8 Å². The summed E-state index contributed by atoms with van der Waals surface area (Å²) in [5, 5.41) is 0. The molecule has 1 saturated carbocycles. The Kier molecular flexibility index (Phi) is 2.97. The molecular formula is C16H16FNO. The van der Waals surface area contributed by atoms with Crippen molar-refractivity contribution < 1.29 is 4.39 Å². The van der Waals surface area contributed by atoms with Gasteiger partial charge in [0.1, 0.15) is 5.82 Å². The Labute approximate surface area is 111 Å². The lowest BCUT2D eigenvalue weighted by Gasteiger charge is -2.08. The summed E-state index contributed by atoms with van der Waals surface area (Å²) in [4.78, 5) is 12.5. The average molecular weight is 257 g/mol. The van der Waals surface area contributed by atoms with Crippen molar-refractivity contribution in [2.45, 2.75) is 19.3 Å². The molecule has 0 saturated heterocycles. The van der Waals surface area contributed by atoms with Crippen LogP contribution in [0.4, 0.5) is 4.39 Å². The fourth-order valence-electron chi connectivity index (χ4n) is 2.42. The van der Waals surface area contributed by atoms with Gasteiger partial charge in [-0.2, -0.15) is 0 Å². The van der Waals surface area contributed by atoms with Crippen molar-refractivity contribution in [1.82, 2.24) is 4.57 Å². The van der Waals surface area contributed by atoms with Crippen LogP contribution < -0.4 is 5.43 Å². The predicted octanol–water partition coefficient (Wildman–Crippen LogP) is 3.14. The van der Waals surface area contributed by atoms with Crippen LogP contribution in [0.25, 0.3) is 11.1 Å². The zero-order valence-corrected chi connectivity index (χ0v) is 10.9. The molecule has 3 heteroatoms. The van der Waals surface area contributed by atoms with Crippen molar-refractivity contribution >= 4 is 0 Å². The Balaban J connectivity index is 2.09. The minimum Gasteiger partial charge on any atom is -0.356 e. The van der Waals surface area contributed by atoms with Crippen LogP contribution in [0.3, 0.4) is 0 Å². The Bertz CT molecular complexity index is 671. The highest BCUT2D eigenvalue weighted by molar-refractivity contribution is 5.63. The maximum Gasteiger partial charge on any atom is 0.192 e. The van der Waals surface area contributed by atoms with E-state index in [1.165, 1.54) is 25.0 Å². The molecule has 3 rings (SSSR count). The fraction of sp³-hybridized carbons (Fsp3) is 0.312. The number of rotatable bonds is 3. The van der Waals surface area contributed by atoms with E-state index < -0.39 is 0 Å². The Morgan fingerprint density at radius 2 is 2.11 bits per heavy atom. The third-order valence-corrected chi connectivity index (χ3v) is 3.57. The minimum atomic E-state index is -0.313. The van der Waals surface area contributed by atoms with E-state index in [0.29, 0.717) is 17.0 Å². The van der Waals surface area contributed by atoms with Gasteiger partial charge in [-0.05, 0) is 42.9 Å². The van der Waals surface area contributed by atoms with Gasteiger partial charge in [-0.25, -0.2) is 4.39 Å². The van der Waals surface area contributed by atoms with Gasteiger partial charge >= 0.3 is 0 Å². The van der Waals surface area contributed by atoms with E-state index in [0.717, 1.165) is 12.0 Å². The highest BCUT2D eigenvalue weighted by Crippen LogP contribution is 2.32. The number of hydrogen-bond donors (Lipinski definition) is 0. The highest BCUT2D eigenvalue weighted by atomic mass is 19.1. The van der Waals surface area contributed by atoms with Crippen molar-refractivity contribution in [3.63, 3.8) is 0 Å². The molecule has 0 atom stereocenters. The lowest BCUT2D eigenvalue weighted by atomic mass is 10.0. The second-order valence-corrected chi connectivity index (χ2v) is 5.35. The molecule has 2 aromatic rings. The van der Waals surface area contributed by atoms with Crippen LogP contribution in [-0.2, 0) is 13.5 Å². The van der Waals surface area contributed by atoms with Crippen LogP contribution in [0.1, 0.15) is 18.4 Å². The number of halogens is 1. The van der Waals surface area contributed by atoms with Gasteiger partial charge in [-0.15, -0.1) is 0 Å². The molecule has 98 valence electrons. The molecule has 0 radical (unpaired) electrons. The standard InChI is InChI=1S/C16H16FNO/c1-18-9-13(7-11-5-6-11)16(19)15(10-18)12-3-2-4-14(17)8-12/h2-4,8-11H,5-7H2,1H3. The van der Waals surface area contributed by atoms with Gasteiger partial charge in [-0.3, -0.25) is 4.79 Å². The number of hydrogen-bond acceptors (Lipinski definition) is 1. The quantitative estimate of drug-likeness (QED) is 0.828. The molecule has 1 fully saturated rings. The Hall–Kier alpha value is -1.90. The van der Waals surface area contributed by atoms with Crippen LogP contribution in [0.5, 0.6) is 0 Å². The number of aryl methyl sites for hydroxylation is 1. The van der Waals surface area contributed by atoms with Crippen molar-refractivity contribution in [1.29, 1.82) is 0 Å². The fourth-order valence-corrected chi connectivity index (χ4v) is 2.42. The maximum atomic E-state index is 13.3. The molecule has 2 nitrogen and oxygen atoms in total. The summed E-state index contributed by atoms with van der Waals surface area (Å²) in [6.07, 6.45) is 6.94. The van der Waals surface area contributed by atoms with Gasteiger partial charge in [0.15, 0.2) is 5.43 Å². The average Bonchev–Trinajstić information content (AvgIpc) is 3.17. The number of benzene rings is 1. The summed E-state index contributed by atoms with van der Waals surface area (Å²) < 4.78 is 15.2. The third kappa shape index (κ3) is 2.60. The second kappa shape index (κ2) is 4.65. The predicted molar refractivity (Wildman–Crippen MR) is 73.5 cm³/mol. The maximum absolute atomic E-state index is 13.3. The molecule has 0 aliphatic heterocycles. The molecule has 1 aromatic heterocycles. The summed E-state index contributed by atoms with van der Waals surface area (Å²) in [5.74, 6) is 0.350. The zero-order chi connectivity index (χ0) is 13.4. The topological polar surface area (TPSA) is 22.0 Å². The molecule has 1 aromatic carbocycles. The lowest BCUT2D eigenvalue weighted by molar-refractivity contribution is 0.628. The summed E-state index contributed by atoms with van der Waals surface area (Å²) in [6.45, 7) is 0. The SMILES string of the molecule is Cn1cc(CC2CC2)c(=O)c(-c2cccc(F)c2)c1.